The molecule has 11 heteroatoms. The van der Waals surface area contributed by atoms with Crippen molar-refractivity contribution in [2.45, 2.75) is 11.7 Å². The van der Waals surface area contributed by atoms with E-state index in [4.69, 9.17) is 21.9 Å². The van der Waals surface area contributed by atoms with Crippen molar-refractivity contribution in [3.8, 4) is 11.4 Å². The lowest BCUT2D eigenvalue weighted by atomic mass is 10.2. The van der Waals surface area contributed by atoms with Gasteiger partial charge >= 0.3 is 6.03 Å². The van der Waals surface area contributed by atoms with E-state index >= 15 is 0 Å². The average Bonchev–Trinajstić information content (AvgIpc) is 3.29. The molecular formula is C16H15ClN6O3S. The topological polar surface area (TPSA) is 128 Å². The van der Waals surface area contributed by atoms with Crippen molar-refractivity contribution in [1.82, 2.24) is 25.5 Å². The second-order valence-corrected chi connectivity index (χ2v) is 6.66. The number of benzene rings is 1. The Kier molecular flexibility index (Phi) is 5.99. The molecule has 4 N–H and O–H groups in total. The van der Waals surface area contributed by atoms with E-state index in [-0.39, 0.29) is 12.3 Å². The number of nitrogens with zero attached hydrogens (tertiary/aromatic N) is 3. The van der Waals surface area contributed by atoms with Crippen LogP contribution in [-0.4, -0.2) is 32.6 Å². The van der Waals surface area contributed by atoms with Gasteiger partial charge in [-0.1, -0.05) is 23.4 Å². The van der Waals surface area contributed by atoms with Gasteiger partial charge in [-0.25, -0.2) is 9.47 Å². The largest absolute Gasteiger partial charge is 0.467 e. The minimum absolute atomic E-state index is 0.0515. The van der Waals surface area contributed by atoms with Crippen LogP contribution in [0.3, 0.4) is 0 Å². The molecule has 0 bridgehead atoms. The molecule has 9 nitrogen and oxygen atoms in total. The lowest BCUT2D eigenvalue weighted by Crippen LogP contribution is -2.39. The molecule has 0 spiro atoms. The number of imide groups is 1. The molecule has 3 aromatic rings. The Labute approximate surface area is 163 Å². The fraction of sp³-hybridized carbons (Fsp3) is 0.125. The van der Waals surface area contributed by atoms with E-state index in [0.29, 0.717) is 21.8 Å². The number of nitrogens with one attached hydrogen (secondary N) is 2. The molecule has 0 atom stereocenters. The van der Waals surface area contributed by atoms with E-state index in [1.807, 2.05) is 0 Å². The molecule has 0 fully saturated rings. The zero-order chi connectivity index (χ0) is 19.2. The van der Waals surface area contributed by atoms with Crippen molar-refractivity contribution in [3.05, 3.63) is 53.4 Å². The predicted molar refractivity (Wildman–Crippen MR) is 100 cm³/mol. The first kappa shape index (κ1) is 18.8. The highest BCUT2D eigenvalue weighted by Gasteiger charge is 2.15. The van der Waals surface area contributed by atoms with E-state index in [9.17, 15) is 9.59 Å². The summed E-state index contributed by atoms with van der Waals surface area (Å²) >= 11 is 6.92. The number of aromatic nitrogens is 3. The summed E-state index contributed by atoms with van der Waals surface area (Å²) in [6.45, 7) is 0.181. The average molecular weight is 407 g/mol. The van der Waals surface area contributed by atoms with Crippen LogP contribution in [0.4, 0.5) is 4.79 Å². The van der Waals surface area contributed by atoms with Gasteiger partial charge in [-0.05, 0) is 36.4 Å². The number of hydrogen-bond acceptors (Lipinski definition) is 7. The molecule has 0 saturated heterocycles. The summed E-state index contributed by atoms with van der Waals surface area (Å²) in [7, 11) is 0. The number of rotatable bonds is 6. The van der Waals surface area contributed by atoms with E-state index < -0.39 is 11.9 Å². The molecule has 0 radical (unpaired) electrons. The number of urea groups is 1. The Morgan fingerprint density at radius 2 is 2.00 bits per heavy atom. The van der Waals surface area contributed by atoms with E-state index in [1.54, 1.807) is 36.4 Å². The number of amides is 3. The lowest BCUT2D eigenvalue weighted by molar-refractivity contribution is -0.117. The second kappa shape index (κ2) is 8.60. The minimum atomic E-state index is -0.618. The van der Waals surface area contributed by atoms with Crippen LogP contribution in [0.5, 0.6) is 0 Å². The monoisotopic (exact) mass is 406 g/mol. The maximum absolute atomic E-state index is 11.9. The molecule has 0 aliphatic carbocycles. The van der Waals surface area contributed by atoms with Crippen LogP contribution in [-0.2, 0) is 11.3 Å². The Bertz CT molecular complexity index is 926. The molecule has 27 heavy (non-hydrogen) atoms. The van der Waals surface area contributed by atoms with Gasteiger partial charge in [0, 0.05) is 10.6 Å². The molecule has 0 saturated carbocycles. The molecule has 3 rings (SSSR count). The van der Waals surface area contributed by atoms with Gasteiger partial charge in [0.1, 0.15) is 5.76 Å². The first-order valence-electron chi connectivity index (χ1n) is 7.72. The third-order valence-corrected chi connectivity index (χ3v) is 4.55. The number of carbonyl (C=O) groups is 2. The number of nitrogens with two attached hydrogens (primary N) is 1. The quantitative estimate of drug-likeness (QED) is 0.422. The predicted octanol–water partition coefficient (Wildman–Crippen LogP) is 2.02. The zero-order valence-corrected chi connectivity index (χ0v) is 15.5. The van der Waals surface area contributed by atoms with E-state index in [1.165, 1.54) is 10.9 Å². The Morgan fingerprint density at radius 3 is 2.70 bits per heavy atom. The summed E-state index contributed by atoms with van der Waals surface area (Å²) in [5.41, 5.74) is 0.739. The summed E-state index contributed by atoms with van der Waals surface area (Å²) in [4.78, 5) is 23.6. The maximum Gasteiger partial charge on any atom is 0.321 e. The maximum atomic E-state index is 11.9. The van der Waals surface area contributed by atoms with Gasteiger partial charge in [0.05, 0.1) is 18.6 Å². The Balaban J connectivity index is 1.50. The van der Waals surface area contributed by atoms with Gasteiger partial charge in [0.25, 0.3) is 0 Å². The molecule has 2 aromatic heterocycles. The molecule has 0 aliphatic rings. The van der Waals surface area contributed by atoms with Gasteiger partial charge in [-0.3, -0.25) is 10.1 Å². The summed E-state index contributed by atoms with van der Waals surface area (Å²) in [5.74, 6) is 6.45. The van der Waals surface area contributed by atoms with Crippen LogP contribution in [0, 0.1) is 0 Å². The Morgan fingerprint density at radius 1 is 1.22 bits per heavy atom. The normalized spacial score (nSPS) is 10.6. The van der Waals surface area contributed by atoms with Crippen LogP contribution in [0.1, 0.15) is 5.76 Å². The highest BCUT2D eigenvalue weighted by atomic mass is 35.5. The highest BCUT2D eigenvalue weighted by Crippen LogP contribution is 2.22. The third kappa shape index (κ3) is 5.02. The molecule has 140 valence electrons. The summed E-state index contributed by atoms with van der Waals surface area (Å²) in [6, 6.07) is 9.76. The number of furan rings is 1. The van der Waals surface area contributed by atoms with Crippen LogP contribution in [0.2, 0.25) is 5.02 Å². The van der Waals surface area contributed by atoms with E-state index in [0.717, 1.165) is 17.3 Å². The van der Waals surface area contributed by atoms with Crippen molar-refractivity contribution >= 4 is 35.3 Å². The van der Waals surface area contributed by atoms with Gasteiger partial charge in [-0.2, -0.15) is 0 Å². The molecule has 2 heterocycles. The standard InChI is InChI=1S/C16H15ClN6O3S/c17-11-5-3-10(4-6-11)14-21-22-16(23(14)18)27-9-13(24)20-15(25)19-8-12-2-1-7-26-12/h1-7H,8-9,18H2,(H2,19,20,24,25). The molecule has 0 unspecified atom stereocenters. The summed E-state index contributed by atoms with van der Waals surface area (Å²) in [5, 5.41) is 13.6. The smallest absolute Gasteiger partial charge is 0.321 e. The van der Waals surface area contributed by atoms with Crippen LogP contribution >= 0.6 is 23.4 Å². The van der Waals surface area contributed by atoms with Crippen LogP contribution in [0.25, 0.3) is 11.4 Å². The van der Waals surface area contributed by atoms with Crippen molar-refractivity contribution in [1.29, 1.82) is 0 Å². The highest BCUT2D eigenvalue weighted by molar-refractivity contribution is 7.99. The fourth-order valence-corrected chi connectivity index (χ4v) is 2.87. The van der Waals surface area contributed by atoms with Crippen LogP contribution < -0.4 is 16.5 Å². The lowest BCUT2D eigenvalue weighted by Gasteiger charge is -2.06. The number of nitrogen functional groups attached to an aromatic ring is 1. The van der Waals surface area contributed by atoms with Gasteiger partial charge in [0.2, 0.25) is 11.1 Å². The van der Waals surface area contributed by atoms with Crippen molar-refractivity contribution < 1.29 is 14.0 Å². The number of hydrogen-bond donors (Lipinski definition) is 3. The first-order chi connectivity index (χ1) is 13.0. The molecule has 1 aromatic carbocycles. The SMILES string of the molecule is Nn1c(SCC(=O)NC(=O)NCc2ccco2)nnc1-c1ccc(Cl)cc1. The van der Waals surface area contributed by atoms with Gasteiger partial charge in [-0.15, -0.1) is 10.2 Å². The van der Waals surface area contributed by atoms with Crippen molar-refractivity contribution in [2.24, 2.45) is 0 Å². The third-order valence-electron chi connectivity index (χ3n) is 3.36. The van der Waals surface area contributed by atoms with Crippen LogP contribution in [0.15, 0.2) is 52.2 Å². The fourth-order valence-electron chi connectivity index (χ4n) is 2.09. The summed E-state index contributed by atoms with van der Waals surface area (Å²) in [6.07, 6.45) is 1.50. The molecule has 0 aliphatic heterocycles. The summed E-state index contributed by atoms with van der Waals surface area (Å²) < 4.78 is 6.36. The van der Waals surface area contributed by atoms with Gasteiger partial charge < -0.3 is 15.6 Å². The van der Waals surface area contributed by atoms with Crippen molar-refractivity contribution in [2.75, 3.05) is 11.6 Å². The van der Waals surface area contributed by atoms with E-state index in [2.05, 4.69) is 20.8 Å². The molecular weight excluding hydrogens is 392 g/mol. The zero-order valence-electron chi connectivity index (χ0n) is 13.9. The number of carbonyl (C=O) groups excluding carboxylic acids is 2. The molecule has 3 amide bonds. The first-order valence-corrected chi connectivity index (χ1v) is 9.08. The minimum Gasteiger partial charge on any atom is -0.467 e. The van der Waals surface area contributed by atoms with Gasteiger partial charge in [0.15, 0.2) is 5.82 Å². The Hall–Kier alpha value is -2.98. The second-order valence-electron chi connectivity index (χ2n) is 5.28. The number of thioether (sulfide) groups is 1. The van der Waals surface area contributed by atoms with Crippen molar-refractivity contribution in [3.63, 3.8) is 0 Å². The number of halogens is 1.